The van der Waals surface area contributed by atoms with Crippen molar-refractivity contribution in [2.45, 2.75) is 19.9 Å². The van der Waals surface area contributed by atoms with Crippen LogP contribution in [-0.4, -0.2) is 61.5 Å². The minimum absolute atomic E-state index is 0.0104. The molecule has 0 unspecified atom stereocenters. The van der Waals surface area contributed by atoms with Crippen molar-refractivity contribution in [1.29, 1.82) is 0 Å². The molecular weight excluding hydrogens is 366 g/mol. The minimum Gasteiger partial charge on any atom is -0.378 e. The van der Waals surface area contributed by atoms with E-state index in [1.54, 1.807) is 4.90 Å². The van der Waals surface area contributed by atoms with Gasteiger partial charge in [0.1, 0.15) is 6.04 Å². The Morgan fingerprint density at radius 1 is 1.10 bits per heavy atom. The molecule has 1 atom stereocenters. The summed E-state index contributed by atoms with van der Waals surface area (Å²) in [5.74, 6) is -0.140. The number of nitrogens with one attached hydrogen (secondary N) is 1. The molecule has 3 rings (SSSR count). The molecule has 1 N–H and O–H groups in total. The monoisotopic (exact) mass is 395 g/mol. The molecule has 0 bridgehead atoms. The Labute approximate surface area is 172 Å². The van der Waals surface area contributed by atoms with Crippen LogP contribution in [0.15, 0.2) is 48.5 Å². The normalized spacial score (nSPS) is 15.2. The van der Waals surface area contributed by atoms with Gasteiger partial charge in [-0.3, -0.25) is 14.5 Å². The van der Waals surface area contributed by atoms with Crippen LogP contribution in [0.1, 0.15) is 22.7 Å². The summed E-state index contributed by atoms with van der Waals surface area (Å²) >= 11 is 0. The lowest BCUT2D eigenvalue weighted by atomic mass is 10.0. The highest BCUT2D eigenvalue weighted by Crippen LogP contribution is 2.24. The summed E-state index contributed by atoms with van der Waals surface area (Å²) in [6, 6.07) is 15.0. The fraction of sp³-hybridized carbons (Fsp3) is 0.391. The minimum atomic E-state index is -0.568. The molecule has 29 heavy (non-hydrogen) atoms. The lowest BCUT2D eigenvalue weighted by Gasteiger charge is -2.31. The first kappa shape index (κ1) is 21.0. The summed E-state index contributed by atoms with van der Waals surface area (Å²) in [6.07, 6.45) is 0. The van der Waals surface area contributed by atoms with E-state index in [9.17, 15) is 9.59 Å². The first-order valence-electron chi connectivity index (χ1n) is 9.94. The maximum absolute atomic E-state index is 13.3. The fourth-order valence-electron chi connectivity index (χ4n) is 3.53. The zero-order chi connectivity index (χ0) is 20.8. The Kier molecular flexibility index (Phi) is 7.01. The number of amides is 2. The number of carbonyl (C=O) groups is 2. The van der Waals surface area contributed by atoms with Gasteiger partial charge in [-0.05, 0) is 43.7 Å². The molecule has 0 saturated carbocycles. The molecule has 6 heteroatoms. The first-order valence-corrected chi connectivity index (χ1v) is 9.94. The Hall–Kier alpha value is -2.70. The molecule has 2 aromatic rings. The van der Waals surface area contributed by atoms with Gasteiger partial charge in [-0.15, -0.1) is 0 Å². The molecule has 2 aromatic carbocycles. The lowest BCUT2D eigenvalue weighted by Crippen LogP contribution is -2.47. The summed E-state index contributed by atoms with van der Waals surface area (Å²) in [5.41, 5.74) is 3.73. The number of likely N-dealkylation sites (N-methyl/N-ethyl adjacent to an activating group) is 1. The molecule has 2 amide bonds. The standard InChI is InChI=1S/C23H29N3O3/c1-17-9-10-18(2)20(15-17)24-23(28)22(19-7-5-4-6-8-19)25(3)16-21(27)26-11-13-29-14-12-26/h4-10,15,22H,11-14,16H2,1-3H3,(H,24,28)/t22-/m1/s1. The summed E-state index contributed by atoms with van der Waals surface area (Å²) < 4.78 is 5.33. The molecule has 154 valence electrons. The summed E-state index contributed by atoms with van der Waals surface area (Å²) in [7, 11) is 1.82. The summed E-state index contributed by atoms with van der Waals surface area (Å²) in [6.45, 7) is 6.44. The predicted octanol–water partition coefficient (Wildman–Crippen LogP) is 2.77. The van der Waals surface area contributed by atoms with Gasteiger partial charge < -0.3 is 15.0 Å². The van der Waals surface area contributed by atoms with Crippen LogP contribution in [-0.2, 0) is 14.3 Å². The van der Waals surface area contributed by atoms with Crippen LogP contribution in [0.5, 0.6) is 0 Å². The smallest absolute Gasteiger partial charge is 0.246 e. The second-order valence-corrected chi connectivity index (χ2v) is 7.53. The molecule has 1 fully saturated rings. The highest BCUT2D eigenvalue weighted by molar-refractivity contribution is 5.96. The Balaban J connectivity index is 1.79. The number of ether oxygens (including phenoxy) is 1. The van der Waals surface area contributed by atoms with E-state index < -0.39 is 6.04 Å². The number of morpholine rings is 1. The van der Waals surface area contributed by atoms with E-state index in [2.05, 4.69) is 5.32 Å². The fourth-order valence-corrected chi connectivity index (χ4v) is 3.53. The molecule has 1 aliphatic rings. The third-order valence-corrected chi connectivity index (χ3v) is 5.20. The molecule has 1 heterocycles. The number of hydrogen-bond donors (Lipinski definition) is 1. The van der Waals surface area contributed by atoms with Crippen LogP contribution in [0.3, 0.4) is 0 Å². The summed E-state index contributed by atoms with van der Waals surface area (Å²) in [5, 5.41) is 3.06. The van der Waals surface area contributed by atoms with Crippen LogP contribution >= 0.6 is 0 Å². The van der Waals surface area contributed by atoms with Crippen molar-refractivity contribution in [2.24, 2.45) is 0 Å². The Morgan fingerprint density at radius 2 is 1.79 bits per heavy atom. The molecule has 0 aliphatic carbocycles. The van der Waals surface area contributed by atoms with E-state index in [1.165, 1.54) is 0 Å². The van der Waals surface area contributed by atoms with Crippen molar-refractivity contribution in [3.63, 3.8) is 0 Å². The zero-order valence-corrected chi connectivity index (χ0v) is 17.4. The topological polar surface area (TPSA) is 61.9 Å². The van der Waals surface area contributed by atoms with Crippen LogP contribution in [0.2, 0.25) is 0 Å². The number of anilines is 1. The quantitative estimate of drug-likeness (QED) is 0.817. The first-order chi connectivity index (χ1) is 14.0. The van der Waals surface area contributed by atoms with Gasteiger partial charge in [0.05, 0.1) is 19.8 Å². The number of rotatable bonds is 6. The second kappa shape index (κ2) is 9.67. The van der Waals surface area contributed by atoms with Crippen LogP contribution in [0.25, 0.3) is 0 Å². The molecule has 1 aliphatic heterocycles. The van der Waals surface area contributed by atoms with Crippen LogP contribution in [0.4, 0.5) is 5.69 Å². The van der Waals surface area contributed by atoms with Gasteiger partial charge in [0.15, 0.2) is 0 Å². The van der Waals surface area contributed by atoms with Gasteiger partial charge in [-0.2, -0.15) is 0 Å². The number of aryl methyl sites for hydroxylation is 2. The van der Waals surface area contributed by atoms with Crippen LogP contribution < -0.4 is 5.32 Å². The average Bonchev–Trinajstić information content (AvgIpc) is 2.72. The van der Waals surface area contributed by atoms with Gasteiger partial charge in [-0.25, -0.2) is 0 Å². The van der Waals surface area contributed by atoms with Crippen molar-refractivity contribution < 1.29 is 14.3 Å². The SMILES string of the molecule is Cc1ccc(C)c(NC(=O)[C@@H](c2ccccc2)N(C)CC(=O)N2CCOCC2)c1. The maximum Gasteiger partial charge on any atom is 0.246 e. The molecule has 0 spiro atoms. The van der Waals surface area contributed by atoms with Crippen molar-refractivity contribution in [1.82, 2.24) is 9.80 Å². The number of benzene rings is 2. The molecular formula is C23H29N3O3. The number of nitrogens with zero attached hydrogens (tertiary/aromatic N) is 2. The highest BCUT2D eigenvalue weighted by atomic mass is 16.5. The third-order valence-electron chi connectivity index (χ3n) is 5.20. The van der Waals surface area contributed by atoms with E-state index in [4.69, 9.17) is 4.74 Å². The molecule has 1 saturated heterocycles. The zero-order valence-electron chi connectivity index (χ0n) is 17.4. The van der Waals surface area contributed by atoms with Crippen molar-refractivity contribution in [3.8, 4) is 0 Å². The Morgan fingerprint density at radius 3 is 2.48 bits per heavy atom. The number of carbonyl (C=O) groups excluding carboxylic acids is 2. The largest absolute Gasteiger partial charge is 0.378 e. The van der Waals surface area contributed by atoms with Crippen molar-refractivity contribution >= 4 is 17.5 Å². The van der Waals surface area contributed by atoms with Crippen LogP contribution in [0, 0.1) is 13.8 Å². The second-order valence-electron chi connectivity index (χ2n) is 7.53. The third kappa shape index (κ3) is 5.43. The van der Waals surface area contributed by atoms with Gasteiger partial charge in [0.2, 0.25) is 11.8 Å². The molecule has 0 radical (unpaired) electrons. The van der Waals surface area contributed by atoms with Gasteiger partial charge in [0, 0.05) is 18.8 Å². The van der Waals surface area contributed by atoms with E-state index in [0.717, 1.165) is 22.4 Å². The molecule has 6 nitrogen and oxygen atoms in total. The van der Waals surface area contributed by atoms with E-state index in [-0.39, 0.29) is 18.4 Å². The van der Waals surface area contributed by atoms with Crippen molar-refractivity contribution in [2.75, 3.05) is 45.2 Å². The van der Waals surface area contributed by atoms with Gasteiger partial charge in [0.25, 0.3) is 0 Å². The van der Waals surface area contributed by atoms with Crippen molar-refractivity contribution in [3.05, 3.63) is 65.2 Å². The maximum atomic E-state index is 13.3. The highest BCUT2D eigenvalue weighted by Gasteiger charge is 2.28. The van der Waals surface area contributed by atoms with E-state index in [1.807, 2.05) is 74.3 Å². The lowest BCUT2D eigenvalue weighted by molar-refractivity contribution is -0.137. The number of hydrogen-bond acceptors (Lipinski definition) is 4. The predicted molar refractivity (Wildman–Crippen MR) is 114 cm³/mol. The van der Waals surface area contributed by atoms with Gasteiger partial charge >= 0.3 is 0 Å². The Bertz CT molecular complexity index is 848. The summed E-state index contributed by atoms with van der Waals surface area (Å²) in [4.78, 5) is 29.6. The average molecular weight is 396 g/mol. The molecule has 0 aromatic heterocycles. The van der Waals surface area contributed by atoms with E-state index >= 15 is 0 Å². The van der Waals surface area contributed by atoms with E-state index in [0.29, 0.717) is 26.3 Å². The van der Waals surface area contributed by atoms with Gasteiger partial charge in [-0.1, -0.05) is 42.5 Å².